The van der Waals surface area contributed by atoms with Gasteiger partial charge in [-0.05, 0) is 24.6 Å². The summed E-state index contributed by atoms with van der Waals surface area (Å²) < 4.78 is 10.8. The Balaban J connectivity index is 1.96. The van der Waals surface area contributed by atoms with E-state index in [2.05, 4.69) is 0 Å². The number of rotatable bonds is 0. The fourth-order valence-electron chi connectivity index (χ4n) is 2.76. The molecule has 0 bridgehead atoms. The molecule has 2 heterocycles. The number of fused-ring (bicyclic) bond motifs is 2. The average molecular weight is 330 g/mol. The molecule has 0 spiro atoms. The van der Waals surface area contributed by atoms with Gasteiger partial charge in [0, 0.05) is 18.9 Å². The molecule has 1 saturated heterocycles. The number of epoxide rings is 1. The van der Waals surface area contributed by atoms with Gasteiger partial charge in [-0.1, -0.05) is 18.2 Å². The van der Waals surface area contributed by atoms with Gasteiger partial charge in [0.1, 0.15) is 29.3 Å². The summed E-state index contributed by atoms with van der Waals surface area (Å²) in [6, 6.07) is 2.34. The molecule has 6 nitrogen and oxygen atoms in total. The van der Waals surface area contributed by atoms with Crippen molar-refractivity contribution in [2.24, 2.45) is 0 Å². The molecule has 2 aliphatic heterocycles. The van der Waals surface area contributed by atoms with Crippen molar-refractivity contribution < 1.29 is 29.3 Å². The number of phenolic OH excluding ortho intramolecular Hbond substituents is 2. The molecule has 0 amide bonds. The van der Waals surface area contributed by atoms with E-state index < -0.39 is 17.8 Å². The minimum Gasteiger partial charge on any atom is -0.508 e. The number of benzene rings is 1. The molecule has 0 radical (unpaired) electrons. The Kier molecular flexibility index (Phi) is 4.40. The largest absolute Gasteiger partial charge is 0.508 e. The van der Waals surface area contributed by atoms with Crippen LogP contribution in [0.1, 0.15) is 29.3 Å². The minimum atomic E-state index is -0.725. The number of hydrogen-bond acceptors (Lipinski definition) is 6. The molecule has 3 atom stereocenters. The molecular weight excluding hydrogens is 312 g/mol. The summed E-state index contributed by atoms with van der Waals surface area (Å²) >= 11 is 0. The third kappa shape index (κ3) is 3.65. The molecule has 1 aromatic carbocycles. The molecule has 1 fully saturated rings. The number of allylic oxidation sites excluding steroid dienone is 3. The molecule has 24 heavy (non-hydrogen) atoms. The SMILES string of the molecule is C[C@@H]1C[C@H]2O[C@H]2C=CC=CC(=O)Cc2cc(O)cc(O)c2C(=O)O1. The van der Waals surface area contributed by atoms with Crippen LogP contribution < -0.4 is 0 Å². The van der Waals surface area contributed by atoms with Crippen molar-refractivity contribution in [1.82, 2.24) is 0 Å². The zero-order valence-corrected chi connectivity index (χ0v) is 13.1. The third-order valence-electron chi connectivity index (χ3n) is 3.94. The lowest BCUT2D eigenvalue weighted by Gasteiger charge is -2.15. The van der Waals surface area contributed by atoms with E-state index >= 15 is 0 Å². The zero-order valence-electron chi connectivity index (χ0n) is 13.1. The number of ketones is 1. The summed E-state index contributed by atoms with van der Waals surface area (Å²) in [5, 5.41) is 19.7. The van der Waals surface area contributed by atoms with E-state index in [0.717, 1.165) is 6.07 Å². The lowest BCUT2D eigenvalue weighted by atomic mass is 10.00. The van der Waals surface area contributed by atoms with E-state index in [1.807, 2.05) is 6.08 Å². The second-order valence-corrected chi connectivity index (χ2v) is 5.98. The maximum Gasteiger partial charge on any atom is 0.342 e. The summed E-state index contributed by atoms with van der Waals surface area (Å²) in [5.74, 6) is -1.63. The first-order valence-corrected chi connectivity index (χ1v) is 7.73. The van der Waals surface area contributed by atoms with Crippen LogP contribution in [0.25, 0.3) is 0 Å². The molecular formula is C18H18O6. The van der Waals surface area contributed by atoms with Crippen LogP contribution in [0, 0.1) is 0 Å². The number of carbonyl (C=O) groups is 2. The van der Waals surface area contributed by atoms with Crippen molar-refractivity contribution in [3.05, 3.63) is 47.6 Å². The Morgan fingerprint density at radius 1 is 1.17 bits per heavy atom. The first-order chi connectivity index (χ1) is 11.4. The number of hydrogen-bond donors (Lipinski definition) is 2. The Hall–Kier alpha value is -2.60. The van der Waals surface area contributed by atoms with Gasteiger partial charge in [0.2, 0.25) is 0 Å². The lowest BCUT2D eigenvalue weighted by Crippen LogP contribution is -2.19. The monoisotopic (exact) mass is 330 g/mol. The Bertz CT molecular complexity index is 733. The van der Waals surface area contributed by atoms with Gasteiger partial charge in [0.15, 0.2) is 5.78 Å². The maximum absolute atomic E-state index is 12.4. The van der Waals surface area contributed by atoms with Gasteiger partial charge in [0.05, 0.1) is 6.10 Å². The van der Waals surface area contributed by atoms with E-state index in [-0.39, 0.29) is 41.3 Å². The highest BCUT2D eigenvalue weighted by atomic mass is 16.6. The molecule has 0 unspecified atom stereocenters. The average Bonchev–Trinajstić information content (AvgIpc) is 3.19. The topological polar surface area (TPSA) is 96.4 Å². The highest BCUT2D eigenvalue weighted by Crippen LogP contribution is 2.31. The van der Waals surface area contributed by atoms with Crippen LogP contribution in [-0.2, 0) is 20.7 Å². The van der Waals surface area contributed by atoms with Crippen LogP contribution in [0.4, 0.5) is 0 Å². The fraction of sp³-hybridized carbons (Fsp3) is 0.333. The van der Waals surface area contributed by atoms with Crippen LogP contribution in [0.15, 0.2) is 36.4 Å². The van der Waals surface area contributed by atoms with E-state index in [9.17, 15) is 19.8 Å². The Labute approximate surface area is 139 Å². The van der Waals surface area contributed by atoms with Crippen molar-refractivity contribution in [3.63, 3.8) is 0 Å². The van der Waals surface area contributed by atoms with Crippen molar-refractivity contribution >= 4 is 11.8 Å². The number of esters is 1. The normalized spacial score (nSPS) is 27.0. The summed E-state index contributed by atoms with van der Waals surface area (Å²) in [6.45, 7) is 1.74. The van der Waals surface area contributed by atoms with Crippen LogP contribution in [-0.4, -0.2) is 40.3 Å². The van der Waals surface area contributed by atoms with Gasteiger partial charge < -0.3 is 19.7 Å². The Morgan fingerprint density at radius 2 is 1.96 bits per heavy atom. The number of carbonyl (C=O) groups excluding carboxylic acids is 2. The van der Waals surface area contributed by atoms with Crippen LogP contribution >= 0.6 is 0 Å². The van der Waals surface area contributed by atoms with E-state index in [0.29, 0.717) is 6.42 Å². The van der Waals surface area contributed by atoms with Crippen LogP contribution in [0.3, 0.4) is 0 Å². The fourth-order valence-corrected chi connectivity index (χ4v) is 2.76. The number of aromatic hydroxyl groups is 2. The number of ether oxygens (including phenoxy) is 2. The predicted molar refractivity (Wildman–Crippen MR) is 84.9 cm³/mol. The smallest absolute Gasteiger partial charge is 0.342 e. The molecule has 2 N–H and O–H groups in total. The third-order valence-corrected chi connectivity index (χ3v) is 3.94. The molecule has 126 valence electrons. The maximum atomic E-state index is 12.4. The van der Waals surface area contributed by atoms with Crippen LogP contribution in [0.5, 0.6) is 11.5 Å². The van der Waals surface area contributed by atoms with Crippen molar-refractivity contribution in [2.45, 2.75) is 38.1 Å². The van der Waals surface area contributed by atoms with Gasteiger partial charge in [-0.25, -0.2) is 4.79 Å². The van der Waals surface area contributed by atoms with Crippen molar-refractivity contribution in [1.29, 1.82) is 0 Å². The lowest BCUT2D eigenvalue weighted by molar-refractivity contribution is -0.114. The van der Waals surface area contributed by atoms with Crippen LogP contribution in [0.2, 0.25) is 0 Å². The highest BCUT2D eigenvalue weighted by molar-refractivity contribution is 5.98. The van der Waals surface area contributed by atoms with Gasteiger partial charge in [0.25, 0.3) is 0 Å². The quantitative estimate of drug-likeness (QED) is 0.558. The summed E-state index contributed by atoms with van der Waals surface area (Å²) in [5.41, 5.74) is 0.128. The van der Waals surface area contributed by atoms with Crippen molar-refractivity contribution in [3.8, 4) is 11.5 Å². The number of phenols is 2. The molecule has 2 aliphatic rings. The molecule has 0 aliphatic carbocycles. The molecule has 0 saturated carbocycles. The summed E-state index contributed by atoms with van der Waals surface area (Å²) in [4.78, 5) is 24.4. The highest BCUT2D eigenvalue weighted by Gasteiger charge is 2.38. The van der Waals surface area contributed by atoms with Gasteiger partial charge >= 0.3 is 5.97 Å². The van der Waals surface area contributed by atoms with Gasteiger partial charge in [-0.15, -0.1) is 0 Å². The number of cyclic esters (lactones) is 1. The van der Waals surface area contributed by atoms with E-state index in [4.69, 9.17) is 9.47 Å². The van der Waals surface area contributed by atoms with Gasteiger partial charge in [-0.2, -0.15) is 0 Å². The predicted octanol–water partition coefficient (Wildman–Crippen LogP) is 2.04. The minimum absolute atomic E-state index is 0.0241. The van der Waals surface area contributed by atoms with E-state index in [1.54, 1.807) is 19.1 Å². The first kappa shape index (κ1) is 16.3. The zero-order chi connectivity index (χ0) is 17.3. The second-order valence-electron chi connectivity index (χ2n) is 5.98. The second kappa shape index (κ2) is 6.49. The van der Waals surface area contributed by atoms with Crippen molar-refractivity contribution in [2.75, 3.05) is 0 Å². The molecule has 0 aromatic heterocycles. The molecule has 1 aromatic rings. The first-order valence-electron chi connectivity index (χ1n) is 7.73. The summed E-state index contributed by atoms with van der Waals surface area (Å²) in [7, 11) is 0. The molecule has 6 heteroatoms. The van der Waals surface area contributed by atoms with Gasteiger partial charge in [-0.3, -0.25) is 4.79 Å². The summed E-state index contributed by atoms with van der Waals surface area (Å²) in [6.07, 6.45) is 6.51. The molecule has 3 rings (SSSR count). The van der Waals surface area contributed by atoms with E-state index in [1.165, 1.54) is 12.1 Å². The standard InChI is InChI=1S/C18H18O6/c1-10-6-16-15(24-16)5-3-2-4-12(19)7-11-8-13(20)9-14(21)17(11)18(22)23-10/h2-5,8-10,15-16,20-21H,6-7H2,1H3/t10-,15+,16-/m1/s1. The Morgan fingerprint density at radius 3 is 2.75 bits per heavy atom.